The predicted octanol–water partition coefficient (Wildman–Crippen LogP) is 4.28. The van der Waals surface area contributed by atoms with Crippen LogP contribution in [0.2, 0.25) is 0 Å². The minimum Gasteiger partial charge on any atom is -0.354 e. The Labute approximate surface area is 169 Å². The van der Waals surface area contributed by atoms with E-state index in [0.29, 0.717) is 34.1 Å². The first-order chi connectivity index (χ1) is 14.0. The Morgan fingerprint density at radius 2 is 1.79 bits per heavy atom. The number of pyridine rings is 1. The summed E-state index contributed by atoms with van der Waals surface area (Å²) in [4.78, 5) is 40.5. The fraction of sp³-hybridized carbons (Fsp3) is 0.217. The molecule has 0 atom stereocenters. The third-order valence-electron chi connectivity index (χ3n) is 4.56. The fourth-order valence-corrected chi connectivity index (χ4v) is 2.99. The number of nitrogens with zero attached hydrogens (tertiary/aromatic N) is 1. The number of aromatic nitrogens is 1. The molecule has 29 heavy (non-hydrogen) atoms. The van der Waals surface area contributed by atoms with Crippen LogP contribution < -0.4 is 10.6 Å². The quantitative estimate of drug-likeness (QED) is 0.562. The normalized spacial score (nSPS) is 10.6. The van der Waals surface area contributed by atoms with Crippen molar-refractivity contribution in [2.75, 3.05) is 11.9 Å². The van der Waals surface area contributed by atoms with Gasteiger partial charge in [0.05, 0.1) is 16.8 Å². The molecule has 0 aliphatic heterocycles. The number of hydrogen-bond acceptors (Lipinski definition) is 5. The maximum Gasteiger partial charge on any atom is 0.251 e. The summed E-state index contributed by atoms with van der Waals surface area (Å²) < 4.78 is 0. The molecule has 0 aliphatic carbocycles. The Morgan fingerprint density at radius 1 is 1.03 bits per heavy atom. The number of hydrogen-bond donors (Lipinski definition) is 2. The highest BCUT2D eigenvalue weighted by Gasteiger charge is 2.16. The zero-order valence-electron chi connectivity index (χ0n) is 16.5. The van der Waals surface area contributed by atoms with Gasteiger partial charge in [0.25, 0.3) is 5.91 Å². The summed E-state index contributed by atoms with van der Waals surface area (Å²) in [6.45, 7) is 3.58. The van der Waals surface area contributed by atoms with Gasteiger partial charge in [0.15, 0.2) is 5.78 Å². The lowest BCUT2D eigenvalue weighted by molar-refractivity contribution is -0.116. The molecule has 1 amide bonds. The van der Waals surface area contributed by atoms with Gasteiger partial charge in [-0.25, -0.2) is 0 Å². The van der Waals surface area contributed by atoms with E-state index in [0.717, 1.165) is 5.69 Å². The molecule has 0 unspecified atom stereocenters. The van der Waals surface area contributed by atoms with E-state index in [9.17, 15) is 14.4 Å². The number of nitrogens with one attached hydrogen (secondary N) is 2. The maximum absolute atomic E-state index is 12.5. The van der Waals surface area contributed by atoms with Gasteiger partial charge >= 0.3 is 0 Å². The average molecular weight is 389 g/mol. The number of ketones is 2. The molecule has 3 aromatic rings. The topological polar surface area (TPSA) is 88.2 Å². The van der Waals surface area contributed by atoms with E-state index in [2.05, 4.69) is 15.6 Å². The minimum atomic E-state index is -0.272. The van der Waals surface area contributed by atoms with Crippen LogP contribution in [0.3, 0.4) is 0 Å². The minimum absolute atomic E-state index is 0.0186. The predicted molar refractivity (Wildman–Crippen MR) is 114 cm³/mol. The summed E-state index contributed by atoms with van der Waals surface area (Å²) in [5, 5.41) is 6.75. The van der Waals surface area contributed by atoms with Crippen LogP contribution in [-0.4, -0.2) is 29.0 Å². The van der Waals surface area contributed by atoms with Crippen molar-refractivity contribution in [1.82, 2.24) is 10.3 Å². The number of Topliss-reactive ketones (excluding diaryl/α,β-unsaturated/α-hetero) is 2. The number of anilines is 2. The molecular formula is C23H23N3O3. The van der Waals surface area contributed by atoms with Crippen LogP contribution in [0.25, 0.3) is 10.9 Å². The van der Waals surface area contributed by atoms with Gasteiger partial charge in [0.2, 0.25) is 0 Å². The zero-order valence-corrected chi connectivity index (χ0v) is 16.5. The molecule has 3 rings (SSSR count). The second kappa shape index (κ2) is 9.10. The van der Waals surface area contributed by atoms with E-state index >= 15 is 0 Å². The second-order valence-electron chi connectivity index (χ2n) is 6.75. The maximum atomic E-state index is 12.5. The van der Waals surface area contributed by atoms with Crippen molar-refractivity contribution < 1.29 is 14.4 Å². The molecule has 0 spiro atoms. The van der Waals surface area contributed by atoms with Crippen LogP contribution in [-0.2, 0) is 4.79 Å². The molecule has 0 saturated heterocycles. The van der Waals surface area contributed by atoms with E-state index in [1.807, 2.05) is 30.3 Å². The van der Waals surface area contributed by atoms with E-state index in [4.69, 9.17) is 0 Å². The van der Waals surface area contributed by atoms with Gasteiger partial charge in [0, 0.05) is 42.2 Å². The summed E-state index contributed by atoms with van der Waals surface area (Å²) >= 11 is 0. The van der Waals surface area contributed by atoms with Gasteiger partial charge in [-0.3, -0.25) is 19.4 Å². The molecular weight excluding hydrogens is 366 g/mol. The Bertz CT molecular complexity index is 1060. The van der Waals surface area contributed by atoms with Crippen molar-refractivity contribution in [2.45, 2.75) is 26.7 Å². The summed E-state index contributed by atoms with van der Waals surface area (Å²) in [6.07, 6.45) is 2.21. The summed E-state index contributed by atoms with van der Waals surface area (Å²) in [5.41, 5.74) is 3.07. The molecule has 2 aromatic carbocycles. The number of carbonyl (C=O) groups is 3. The molecule has 0 fully saturated rings. The van der Waals surface area contributed by atoms with Crippen molar-refractivity contribution in [3.63, 3.8) is 0 Å². The van der Waals surface area contributed by atoms with Crippen LogP contribution in [0.1, 0.15) is 47.4 Å². The lowest BCUT2D eigenvalue weighted by atomic mass is 10.0. The first kappa shape index (κ1) is 20.2. The van der Waals surface area contributed by atoms with Gasteiger partial charge in [-0.05, 0) is 37.3 Å². The summed E-state index contributed by atoms with van der Waals surface area (Å²) in [6, 6.07) is 14.7. The van der Waals surface area contributed by atoms with Crippen molar-refractivity contribution in [1.29, 1.82) is 0 Å². The van der Waals surface area contributed by atoms with Crippen LogP contribution in [0, 0.1) is 0 Å². The van der Waals surface area contributed by atoms with Gasteiger partial charge < -0.3 is 10.6 Å². The number of para-hydroxylation sites is 1. The lowest BCUT2D eigenvalue weighted by Crippen LogP contribution is -2.25. The summed E-state index contributed by atoms with van der Waals surface area (Å²) in [7, 11) is 0. The molecule has 0 aliphatic rings. The van der Waals surface area contributed by atoms with E-state index in [-0.39, 0.29) is 30.4 Å². The van der Waals surface area contributed by atoms with Crippen LogP contribution in [0.15, 0.2) is 54.7 Å². The largest absolute Gasteiger partial charge is 0.354 e. The molecule has 1 aromatic heterocycles. The molecule has 1 heterocycles. The number of benzene rings is 2. The van der Waals surface area contributed by atoms with Crippen molar-refractivity contribution >= 4 is 39.8 Å². The highest BCUT2D eigenvalue weighted by atomic mass is 16.2. The van der Waals surface area contributed by atoms with E-state index in [1.54, 1.807) is 31.3 Å². The first-order valence-corrected chi connectivity index (χ1v) is 9.55. The Balaban J connectivity index is 2.04. The van der Waals surface area contributed by atoms with Crippen LogP contribution >= 0.6 is 0 Å². The monoisotopic (exact) mass is 389 g/mol. The van der Waals surface area contributed by atoms with E-state index < -0.39 is 0 Å². The third-order valence-corrected chi connectivity index (χ3v) is 4.56. The zero-order chi connectivity index (χ0) is 20.8. The lowest BCUT2D eigenvalue weighted by Gasteiger charge is -2.15. The number of amides is 1. The van der Waals surface area contributed by atoms with Crippen LogP contribution in [0.4, 0.5) is 11.4 Å². The highest BCUT2D eigenvalue weighted by Crippen LogP contribution is 2.30. The van der Waals surface area contributed by atoms with Gasteiger partial charge in [-0.1, -0.05) is 25.1 Å². The molecule has 0 bridgehead atoms. The van der Waals surface area contributed by atoms with Gasteiger partial charge in [0.1, 0.15) is 5.78 Å². The first-order valence-electron chi connectivity index (χ1n) is 9.55. The third kappa shape index (κ3) is 4.85. The van der Waals surface area contributed by atoms with Gasteiger partial charge in [-0.2, -0.15) is 0 Å². The Hall–Kier alpha value is -3.54. The Kier molecular flexibility index (Phi) is 6.34. The molecule has 0 radical (unpaired) electrons. The average Bonchev–Trinajstić information content (AvgIpc) is 2.73. The number of rotatable bonds is 8. The van der Waals surface area contributed by atoms with E-state index in [1.165, 1.54) is 6.92 Å². The molecule has 2 N–H and O–H groups in total. The number of carbonyl (C=O) groups excluding carboxylic acids is 3. The molecule has 6 heteroatoms. The second-order valence-corrected chi connectivity index (χ2v) is 6.75. The SMILES string of the molecule is CCC(=O)c1cnc2ccc(C(=O)NCCC(C)=O)cc2c1Nc1ccccc1. The smallest absolute Gasteiger partial charge is 0.251 e. The number of fused-ring (bicyclic) bond motifs is 1. The van der Waals surface area contributed by atoms with Crippen molar-refractivity contribution in [2.24, 2.45) is 0 Å². The molecule has 6 nitrogen and oxygen atoms in total. The standard InChI is InChI=1S/C23H23N3O3/c1-3-21(28)19-14-25-20-10-9-16(23(29)24-12-11-15(2)27)13-18(20)22(19)26-17-7-5-4-6-8-17/h4-10,13-14H,3,11-12H2,1-2H3,(H,24,29)(H,25,26). The van der Waals surface area contributed by atoms with Gasteiger partial charge in [-0.15, -0.1) is 0 Å². The Morgan fingerprint density at radius 3 is 2.48 bits per heavy atom. The van der Waals surface area contributed by atoms with Crippen molar-refractivity contribution in [3.8, 4) is 0 Å². The molecule has 0 saturated carbocycles. The molecule has 148 valence electrons. The van der Waals surface area contributed by atoms with Crippen LogP contribution in [0.5, 0.6) is 0 Å². The highest BCUT2D eigenvalue weighted by molar-refractivity contribution is 6.10. The van der Waals surface area contributed by atoms with Crippen molar-refractivity contribution in [3.05, 3.63) is 65.9 Å². The fourth-order valence-electron chi connectivity index (χ4n) is 2.99. The summed E-state index contributed by atoms with van der Waals surface area (Å²) in [5.74, 6) is -0.287.